The Hall–Kier alpha value is -1.56. The number of benzene rings is 1. The molecule has 0 bridgehead atoms. The maximum absolute atomic E-state index is 10.6. The number of nitrogens with zero attached hydrogens (tertiary/aromatic N) is 1. The maximum Gasteiger partial charge on any atom is 0.161 e. The van der Waals surface area contributed by atoms with E-state index in [1.54, 1.807) is 14.2 Å². The van der Waals surface area contributed by atoms with Crippen molar-refractivity contribution < 1.29 is 19.7 Å². The fourth-order valence-electron chi connectivity index (χ4n) is 4.29. The summed E-state index contributed by atoms with van der Waals surface area (Å²) in [6, 6.07) is 4.16. The molecular weight excluding hydrogens is 282 g/mol. The van der Waals surface area contributed by atoms with E-state index < -0.39 is 12.2 Å². The van der Waals surface area contributed by atoms with Crippen molar-refractivity contribution >= 4 is 0 Å². The molecule has 1 saturated heterocycles. The predicted molar refractivity (Wildman–Crippen MR) is 81.2 cm³/mol. The van der Waals surface area contributed by atoms with Crippen LogP contribution in [0.25, 0.3) is 0 Å². The van der Waals surface area contributed by atoms with Gasteiger partial charge in [0, 0.05) is 25.0 Å². The van der Waals surface area contributed by atoms with Crippen molar-refractivity contribution in [1.29, 1.82) is 0 Å². The van der Waals surface area contributed by atoms with E-state index in [9.17, 15) is 10.2 Å². The molecule has 0 saturated carbocycles. The fraction of sp³-hybridized carbons (Fsp3) is 0.529. The Morgan fingerprint density at radius 1 is 1.14 bits per heavy atom. The van der Waals surface area contributed by atoms with Gasteiger partial charge in [0.05, 0.1) is 26.4 Å². The van der Waals surface area contributed by atoms with Crippen LogP contribution in [0, 0.1) is 0 Å². The summed E-state index contributed by atoms with van der Waals surface area (Å²) in [7, 11) is 3.25. The van der Waals surface area contributed by atoms with Gasteiger partial charge in [0.1, 0.15) is 0 Å². The summed E-state index contributed by atoms with van der Waals surface area (Å²) in [6.07, 6.45) is 1.23. The molecule has 5 heteroatoms. The van der Waals surface area contributed by atoms with Crippen LogP contribution in [0.5, 0.6) is 11.5 Å². The fourth-order valence-corrected chi connectivity index (χ4v) is 4.29. The lowest BCUT2D eigenvalue weighted by Gasteiger charge is -2.44. The Morgan fingerprint density at radius 2 is 1.86 bits per heavy atom. The van der Waals surface area contributed by atoms with E-state index in [2.05, 4.69) is 4.90 Å². The summed E-state index contributed by atoms with van der Waals surface area (Å²) in [5.41, 5.74) is 3.47. The van der Waals surface area contributed by atoms with Gasteiger partial charge in [-0.25, -0.2) is 0 Å². The van der Waals surface area contributed by atoms with Crippen molar-refractivity contribution in [1.82, 2.24) is 4.90 Å². The van der Waals surface area contributed by atoms with Crippen molar-refractivity contribution in [3.63, 3.8) is 0 Å². The molecule has 0 amide bonds. The van der Waals surface area contributed by atoms with Crippen LogP contribution in [0.3, 0.4) is 0 Å². The van der Waals surface area contributed by atoms with Crippen LogP contribution in [-0.2, 0) is 6.54 Å². The minimum atomic E-state index is -0.796. The number of hydrogen-bond acceptors (Lipinski definition) is 5. The highest BCUT2D eigenvalue weighted by Gasteiger charge is 2.48. The molecule has 2 N–H and O–H groups in total. The summed E-state index contributed by atoms with van der Waals surface area (Å²) in [4.78, 5) is 2.39. The second-order valence-electron chi connectivity index (χ2n) is 6.32. The van der Waals surface area contributed by atoms with Crippen LogP contribution >= 0.6 is 0 Å². The minimum absolute atomic E-state index is 0.110. The van der Waals surface area contributed by atoms with Gasteiger partial charge in [0.25, 0.3) is 0 Å². The SMILES string of the molecule is COc1cc2c(cc1OC)[C@H]1[C@@H](O)[C@H](O)C=C3CCN(C2)[C@@H]31. The molecular formula is C17H21NO4. The number of aliphatic hydroxyl groups is 2. The molecule has 1 aliphatic carbocycles. The van der Waals surface area contributed by atoms with Crippen LogP contribution in [-0.4, -0.2) is 54.1 Å². The lowest BCUT2D eigenvalue weighted by Crippen LogP contribution is -2.49. The molecule has 2 heterocycles. The zero-order valence-corrected chi connectivity index (χ0v) is 12.8. The Bertz CT molecular complexity index is 642. The molecule has 1 fully saturated rings. The Kier molecular flexibility index (Phi) is 3.18. The van der Waals surface area contributed by atoms with Gasteiger partial charge in [0.15, 0.2) is 11.5 Å². The third-order valence-electron chi connectivity index (χ3n) is 5.28. The first kappa shape index (κ1) is 14.1. The molecule has 0 radical (unpaired) electrons. The Labute approximate surface area is 129 Å². The highest BCUT2D eigenvalue weighted by Crippen LogP contribution is 2.48. The van der Waals surface area contributed by atoms with Gasteiger partial charge >= 0.3 is 0 Å². The lowest BCUT2D eigenvalue weighted by molar-refractivity contribution is -0.00163. The minimum Gasteiger partial charge on any atom is -0.493 e. The molecule has 1 aromatic carbocycles. The van der Waals surface area contributed by atoms with Gasteiger partial charge < -0.3 is 19.7 Å². The normalized spacial score (nSPS) is 33.0. The molecule has 3 aliphatic rings. The van der Waals surface area contributed by atoms with Gasteiger partial charge in [-0.1, -0.05) is 11.6 Å². The molecule has 4 rings (SSSR count). The first-order chi connectivity index (χ1) is 10.6. The Balaban J connectivity index is 1.88. The average Bonchev–Trinajstić information content (AvgIpc) is 2.92. The largest absolute Gasteiger partial charge is 0.493 e. The average molecular weight is 303 g/mol. The molecule has 5 nitrogen and oxygen atoms in total. The topological polar surface area (TPSA) is 62.2 Å². The molecule has 0 spiro atoms. The highest BCUT2D eigenvalue weighted by atomic mass is 16.5. The number of fused-ring (bicyclic) bond motifs is 2. The molecule has 2 aliphatic heterocycles. The summed E-state index contributed by atoms with van der Waals surface area (Å²) in [5, 5.41) is 20.8. The van der Waals surface area contributed by atoms with Gasteiger partial charge in [0.2, 0.25) is 0 Å². The first-order valence-electron chi connectivity index (χ1n) is 7.69. The van der Waals surface area contributed by atoms with Crippen LogP contribution in [0.2, 0.25) is 0 Å². The van der Waals surface area contributed by atoms with Crippen LogP contribution in [0.15, 0.2) is 23.8 Å². The van der Waals surface area contributed by atoms with Crippen molar-refractivity contribution in [3.8, 4) is 11.5 Å². The van der Waals surface area contributed by atoms with Crippen molar-refractivity contribution in [2.75, 3.05) is 20.8 Å². The summed E-state index contributed by atoms with van der Waals surface area (Å²) in [5.74, 6) is 1.27. The van der Waals surface area contributed by atoms with Gasteiger partial charge in [-0.05, 0) is 29.7 Å². The van der Waals surface area contributed by atoms with E-state index in [0.717, 1.165) is 30.6 Å². The van der Waals surface area contributed by atoms with Crippen molar-refractivity contribution in [2.45, 2.75) is 37.1 Å². The van der Waals surface area contributed by atoms with Crippen LogP contribution in [0.1, 0.15) is 23.5 Å². The number of aliphatic hydroxyl groups excluding tert-OH is 2. The second-order valence-corrected chi connectivity index (χ2v) is 6.32. The van der Waals surface area contributed by atoms with Gasteiger partial charge in [-0.2, -0.15) is 0 Å². The number of ether oxygens (including phenoxy) is 2. The lowest BCUT2D eigenvalue weighted by atomic mass is 9.73. The molecule has 0 aromatic heterocycles. The molecule has 118 valence electrons. The molecule has 0 unspecified atom stereocenters. The number of methoxy groups -OCH3 is 2. The van der Waals surface area contributed by atoms with Crippen LogP contribution in [0.4, 0.5) is 0 Å². The summed E-state index contributed by atoms with van der Waals surface area (Å²) < 4.78 is 10.8. The number of hydrogen-bond donors (Lipinski definition) is 2. The van der Waals surface area contributed by atoms with E-state index in [-0.39, 0.29) is 12.0 Å². The molecule has 4 atom stereocenters. The van der Waals surface area contributed by atoms with E-state index in [1.807, 2.05) is 18.2 Å². The zero-order valence-electron chi connectivity index (χ0n) is 12.8. The van der Waals surface area contributed by atoms with Gasteiger partial charge in [-0.15, -0.1) is 0 Å². The third-order valence-corrected chi connectivity index (χ3v) is 5.28. The zero-order chi connectivity index (χ0) is 15.4. The smallest absolute Gasteiger partial charge is 0.161 e. The Morgan fingerprint density at radius 3 is 2.59 bits per heavy atom. The van der Waals surface area contributed by atoms with E-state index in [0.29, 0.717) is 11.5 Å². The van der Waals surface area contributed by atoms with Crippen LogP contribution < -0.4 is 9.47 Å². The van der Waals surface area contributed by atoms with Crippen molar-refractivity contribution in [3.05, 3.63) is 34.9 Å². The van der Waals surface area contributed by atoms with E-state index in [4.69, 9.17) is 9.47 Å². The molecule has 1 aromatic rings. The van der Waals surface area contributed by atoms with Gasteiger partial charge in [-0.3, -0.25) is 4.90 Å². The second kappa shape index (κ2) is 4.98. The van der Waals surface area contributed by atoms with Crippen molar-refractivity contribution in [2.24, 2.45) is 0 Å². The van der Waals surface area contributed by atoms with E-state index >= 15 is 0 Å². The third kappa shape index (κ3) is 1.82. The predicted octanol–water partition coefficient (Wildman–Crippen LogP) is 1.04. The number of rotatable bonds is 2. The summed E-state index contributed by atoms with van der Waals surface area (Å²) in [6.45, 7) is 1.82. The summed E-state index contributed by atoms with van der Waals surface area (Å²) >= 11 is 0. The monoisotopic (exact) mass is 303 g/mol. The maximum atomic E-state index is 10.6. The quantitative estimate of drug-likeness (QED) is 0.799. The standard InChI is InChI=1S/C17H21NO4/c1-21-13-6-10-8-18-4-3-9-5-12(19)17(20)15(16(9)18)11(10)7-14(13)22-2/h5-7,12,15-17,19-20H,3-4,8H2,1-2H3/t12-,15-,16+,17+/m1/s1. The van der Waals surface area contributed by atoms with E-state index in [1.165, 1.54) is 5.57 Å². The molecule has 22 heavy (non-hydrogen) atoms. The first-order valence-corrected chi connectivity index (χ1v) is 7.69. The highest BCUT2D eigenvalue weighted by molar-refractivity contribution is 5.52.